The van der Waals surface area contributed by atoms with Crippen molar-refractivity contribution in [1.29, 1.82) is 0 Å². The third-order valence-corrected chi connectivity index (χ3v) is 7.00. The van der Waals surface area contributed by atoms with Crippen LogP contribution in [0.5, 0.6) is 5.75 Å². The largest absolute Gasteiger partial charge is 0.410 e. The van der Waals surface area contributed by atoms with Gasteiger partial charge in [-0.15, -0.1) is 0 Å². The van der Waals surface area contributed by atoms with Gasteiger partial charge >= 0.3 is 6.09 Å². The zero-order valence-electron chi connectivity index (χ0n) is 21.8. The summed E-state index contributed by atoms with van der Waals surface area (Å²) in [6.45, 7) is 7.62. The van der Waals surface area contributed by atoms with Gasteiger partial charge in [0.15, 0.2) is 5.75 Å². The maximum absolute atomic E-state index is 11.2. The second kappa shape index (κ2) is 12.1. The molecule has 0 aliphatic carbocycles. The third-order valence-electron chi connectivity index (χ3n) is 7.00. The minimum Gasteiger partial charge on any atom is -0.408 e. The number of aromatic nitrogens is 3. The van der Waals surface area contributed by atoms with Gasteiger partial charge in [0.1, 0.15) is 17.2 Å². The van der Waals surface area contributed by atoms with Gasteiger partial charge in [-0.2, -0.15) is 0 Å². The summed E-state index contributed by atoms with van der Waals surface area (Å²) in [5.74, 6) is 1.91. The van der Waals surface area contributed by atoms with Crippen LogP contribution in [0.4, 0.5) is 10.6 Å². The van der Waals surface area contributed by atoms with E-state index >= 15 is 0 Å². The number of H-pyrrole nitrogens is 1. The van der Waals surface area contributed by atoms with E-state index in [0.29, 0.717) is 17.1 Å². The number of carbonyl (C=O) groups is 1. The molecule has 4 aromatic rings. The van der Waals surface area contributed by atoms with Crippen molar-refractivity contribution in [3.05, 3.63) is 72.4 Å². The van der Waals surface area contributed by atoms with Crippen LogP contribution in [0.3, 0.4) is 0 Å². The lowest BCUT2D eigenvalue weighted by atomic mass is 10.2. The molecule has 3 heterocycles. The summed E-state index contributed by atoms with van der Waals surface area (Å²) < 4.78 is 5.07. The summed E-state index contributed by atoms with van der Waals surface area (Å²) in [6, 6.07) is 20.1. The minimum atomic E-state index is -0.864. The summed E-state index contributed by atoms with van der Waals surface area (Å²) in [7, 11) is 2.08. The number of pyridine rings is 1. The fraction of sp³-hybridized carbons (Fsp3) is 0.345. The molecule has 1 aliphatic heterocycles. The Morgan fingerprint density at radius 2 is 1.84 bits per heavy atom. The zero-order chi connectivity index (χ0) is 26.3. The van der Waals surface area contributed by atoms with E-state index in [4.69, 9.17) is 10.5 Å². The highest BCUT2D eigenvalue weighted by atomic mass is 16.5. The van der Waals surface area contributed by atoms with Crippen LogP contribution >= 0.6 is 0 Å². The molecular weight excluding hydrogens is 478 g/mol. The van der Waals surface area contributed by atoms with E-state index in [2.05, 4.69) is 67.0 Å². The van der Waals surface area contributed by atoms with Crippen molar-refractivity contribution < 1.29 is 9.53 Å². The fourth-order valence-corrected chi connectivity index (χ4v) is 4.98. The van der Waals surface area contributed by atoms with Gasteiger partial charge in [0.25, 0.3) is 0 Å². The van der Waals surface area contributed by atoms with Crippen molar-refractivity contribution in [2.24, 2.45) is 5.73 Å². The van der Waals surface area contributed by atoms with Gasteiger partial charge in [-0.1, -0.05) is 36.4 Å². The zero-order valence-corrected chi connectivity index (χ0v) is 21.8. The summed E-state index contributed by atoms with van der Waals surface area (Å²) >= 11 is 0. The molecule has 1 aliphatic rings. The lowest BCUT2D eigenvalue weighted by Crippen LogP contribution is -2.32. The number of benzene rings is 2. The highest BCUT2D eigenvalue weighted by molar-refractivity contribution is 5.87. The highest BCUT2D eigenvalue weighted by Crippen LogP contribution is 2.27. The summed E-state index contributed by atoms with van der Waals surface area (Å²) in [6.07, 6.45) is 3.25. The first kappa shape index (κ1) is 25.7. The Balaban J connectivity index is 1.11. The number of nitrogens with two attached hydrogens (primary N) is 1. The topological polar surface area (TPSA) is 104 Å². The predicted octanol–water partition coefficient (Wildman–Crippen LogP) is 4.12. The van der Waals surface area contributed by atoms with Crippen LogP contribution in [0.25, 0.3) is 22.4 Å². The number of primary amides is 1. The van der Waals surface area contributed by atoms with Crippen LogP contribution in [0.1, 0.15) is 18.4 Å². The van der Waals surface area contributed by atoms with Crippen LogP contribution in [-0.2, 0) is 6.54 Å². The smallest absolute Gasteiger partial charge is 0.408 e. The Bertz CT molecular complexity index is 1340. The molecule has 0 spiro atoms. The molecule has 0 bridgehead atoms. The standard InChI is InChI=1S/C29H35N7O2/c1-34(14-6-15-35-16-7-17-36(19-18-35)21-22-8-3-2-4-9-22)26-13-12-23(20-31-26)28-32-24-10-5-11-25(27(24)33-28)38-29(30)37/h2-5,8-13,20H,6-7,14-19,21H2,1H3,(H2,30,37)(H,32,33). The predicted molar refractivity (Wildman–Crippen MR) is 150 cm³/mol. The first-order chi connectivity index (χ1) is 18.5. The van der Waals surface area contributed by atoms with Gasteiger partial charge in [-0.05, 0) is 62.3 Å². The van der Waals surface area contributed by atoms with Crippen LogP contribution in [0, 0.1) is 0 Å². The van der Waals surface area contributed by atoms with E-state index in [1.165, 1.54) is 12.0 Å². The van der Waals surface area contributed by atoms with Crippen molar-refractivity contribution in [3.63, 3.8) is 0 Å². The maximum atomic E-state index is 11.2. The first-order valence-corrected chi connectivity index (χ1v) is 13.2. The second-order valence-electron chi connectivity index (χ2n) is 9.80. The number of aromatic amines is 1. The number of para-hydroxylation sites is 1. The molecule has 2 aromatic carbocycles. The molecule has 9 heteroatoms. The van der Waals surface area contributed by atoms with Crippen LogP contribution < -0.4 is 15.4 Å². The number of nitrogens with zero attached hydrogens (tertiary/aromatic N) is 5. The molecule has 1 amide bonds. The quantitative estimate of drug-likeness (QED) is 0.347. The molecule has 0 radical (unpaired) electrons. The van der Waals surface area contributed by atoms with E-state index in [9.17, 15) is 4.79 Å². The maximum Gasteiger partial charge on any atom is 0.410 e. The molecule has 38 heavy (non-hydrogen) atoms. The van der Waals surface area contributed by atoms with Gasteiger partial charge in [-0.3, -0.25) is 4.90 Å². The summed E-state index contributed by atoms with van der Waals surface area (Å²) in [4.78, 5) is 31.1. The van der Waals surface area contributed by atoms with Crippen molar-refractivity contribution in [3.8, 4) is 17.1 Å². The molecule has 1 saturated heterocycles. The lowest BCUT2D eigenvalue weighted by molar-refractivity contribution is 0.211. The Morgan fingerprint density at radius 3 is 2.63 bits per heavy atom. The van der Waals surface area contributed by atoms with Crippen molar-refractivity contribution in [1.82, 2.24) is 24.8 Å². The number of amides is 1. The number of imidazole rings is 1. The highest BCUT2D eigenvalue weighted by Gasteiger charge is 2.16. The molecule has 0 unspecified atom stereocenters. The van der Waals surface area contributed by atoms with E-state index < -0.39 is 6.09 Å². The second-order valence-corrected chi connectivity index (χ2v) is 9.80. The molecule has 0 atom stereocenters. The average Bonchev–Trinajstić information content (AvgIpc) is 3.25. The molecule has 0 saturated carbocycles. The Hall–Kier alpha value is -3.95. The van der Waals surface area contributed by atoms with Crippen LogP contribution in [0.15, 0.2) is 66.9 Å². The first-order valence-electron chi connectivity index (χ1n) is 13.2. The number of rotatable bonds is 9. The molecule has 5 rings (SSSR count). The number of nitrogens with one attached hydrogen (secondary N) is 1. The lowest BCUT2D eigenvalue weighted by Gasteiger charge is -2.23. The summed E-state index contributed by atoms with van der Waals surface area (Å²) in [5.41, 5.74) is 8.74. The van der Waals surface area contributed by atoms with Crippen molar-refractivity contribution >= 4 is 22.9 Å². The number of fused-ring (bicyclic) bond motifs is 1. The molecule has 198 valence electrons. The monoisotopic (exact) mass is 513 g/mol. The third kappa shape index (κ3) is 6.48. The van der Waals surface area contributed by atoms with Crippen LogP contribution in [-0.4, -0.2) is 77.2 Å². The molecular formula is C29H35N7O2. The van der Waals surface area contributed by atoms with Gasteiger partial charge in [0.05, 0.1) is 5.52 Å². The number of hydrogen-bond donors (Lipinski definition) is 2. The molecule has 3 N–H and O–H groups in total. The average molecular weight is 514 g/mol. The summed E-state index contributed by atoms with van der Waals surface area (Å²) in [5, 5.41) is 0. The fourth-order valence-electron chi connectivity index (χ4n) is 4.98. The van der Waals surface area contributed by atoms with Gasteiger partial charge in [0.2, 0.25) is 0 Å². The van der Waals surface area contributed by atoms with Gasteiger partial charge in [-0.25, -0.2) is 14.8 Å². The van der Waals surface area contributed by atoms with E-state index in [0.717, 1.165) is 69.1 Å². The van der Waals surface area contributed by atoms with E-state index in [-0.39, 0.29) is 0 Å². The van der Waals surface area contributed by atoms with E-state index in [1.807, 2.05) is 24.4 Å². The number of ether oxygens (including phenoxy) is 1. The Labute approximate surface area is 223 Å². The van der Waals surface area contributed by atoms with Crippen LogP contribution in [0.2, 0.25) is 0 Å². The van der Waals surface area contributed by atoms with Crippen molar-refractivity contribution in [2.45, 2.75) is 19.4 Å². The normalized spacial score (nSPS) is 14.9. The Kier molecular flexibility index (Phi) is 8.15. The molecule has 9 nitrogen and oxygen atoms in total. The number of hydrogen-bond acceptors (Lipinski definition) is 7. The minimum absolute atomic E-state index is 0.329. The Morgan fingerprint density at radius 1 is 1.03 bits per heavy atom. The van der Waals surface area contributed by atoms with E-state index in [1.54, 1.807) is 12.1 Å². The number of anilines is 1. The molecule has 1 fully saturated rings. The number of carbonyl (C=O) groups excluding carboxylic acids is 1. The van der Waals surface area contributed by atoms with Crippen molar-refractivity contribution in [2.75, 3.05) is 51.2 Å². The van der Waals surface area contributed by atoms with Gasteiger partial charge in [0, 0.05) is 45.0 Å². The van der Waals surface area contributed by atoms with Gasteiger partial charge < -0.3 is 25.3 Å². The molecule has 2 aromatic heterocycles. The SMILES string of the molecule is CN(CCCN1CCCN(Cc2ccccc2)CC1)c1ccc(-c2nc3c(OC(N)=O)cccc3[nH]2)cn1.